The molecule has 0 aliphatic carbocycles. The predicted octanol–water partition coefficient (Wildman–Crippen LogP) is 2.39. The third-order valence-corrected chi connectivity index (χ3v) is 5.01. The van der Waals surface area contributed by atoms with Gasteiger partial charge in [-0.3, -0.25) is 4.79 Å². The Morgan fingerprint density at radius 2 is 1.80 bits per heavy atom. The van der Waals surface area contributed by atoms with Crippen LogP contribution in [0.3, 0.4) is 0 Å². The van der Waals surface area contributed by atoms with Crippen molar-refractivity contribution in [2.24, 2.45) is 0 Å². The van der Waals surface area contributed by atoms with Crippen LogP contribution >= 0.6 is 33.9 Å². The molecular formula is C11H10Cl3NO4S. The summed E-state index contributed by atoms with van der Waals surface area (Å²) in [5.74, 6) is -0.439. The standard InChI is InChI=1S/C11H10Cl3NO4S/c12-7-1-2-8(20(14,17)18)10(13)9(7)11(16)15-3-5-19-6-4-15/h1-2H,3-6H2. The summed E-state index contributed by atoms with van der Waals surface area (Å²) in [6.45, 7) is 1.61. The van der Waals surface area contributed by atoms with Crippen LogP contribution in [0.4, 0.5) is 0 Å². The van der Waals surface area contributed by atoms with E-state index >= 15 is 0 Å². The number of hydrogen-bond donors (Lipinski definition) is 0. The Labute approximate surface area is 130 Å². The molecule has 0 saturated carbocycles. The van der Waals surface area contributed by atoms with Gasteiger partial charge in [0.05, 0.1) is 28.8 Å². The lowest BCUT2D eigenvalue weighted by Crippen LogP contribution is -2.41. The molecular weight excluding hydrogens is 349 g/mol. The van der Waals surface area contributed by atoms with Crippen LogP contribution in [-0.4, -0.2) is 45.5 Å². The number of nitrogens with zero attached hydrogens (tertiary/aromatic N) is 1. The molecule has 2 rings (SSSR count). The monoisotopic (exact) mass is 357 g/mol. The van der Waals surface area contributed by atoms with Crippen molar-refractivity contribution in [3.05, 3.63) is 27.7 Å². The summed E-state index contributed by atoms with van der Waals surface area (Å²) >= 11 is 12.0. The number of halogens is 3. The van der Waals surface area contributed by atoms with Crippen LogP contribution in [0.2, 0.25) is 10.0 Å². The van der Waals surface area contributed by atoms with E-state index in [1.54, 1.807) is 0 Å². The first-order valence-electron chi connectivity index (χ1n) is 5.62. The maximum Gasteiger partial charge on any atom is 0.262 e. The average Bonchev–Trinajstić information content (AvgIpc) is 2.38. The Kier molecular flexibility index (Phi) is 4.81. The van der Waals surface area contributed by atoms with E-state index in [9.17, 15) is 13.2 Å². The van der Waals surface area contributed by atoms with Crippen LogP contribution in [-0.2, 0) is 13.8 Å². The van der Waals surface area contributed by atoms with Gasteiger partial charge in [0.2, 0.25) is 0 Å². The van der Waals surface area contributed by atoms with E-state index in [0.29, 0.717) is 26.3 Å². The molecule has 110 valence electrons. The highest BCUT2D eigenvalue weighted by molar-refractivity contribution is 8.13. The summed E-state index contributed by atoms with van der Waals surface area (Å²) in [5, 5.41) is -0.181. The maximum atomic E-state index is 12.4. The number of amides is 1. The van der Waals surface area contributed by atoms with Crippen LogP contribution in [0, 0.1) is 0 Å². The second-order valence-electron chi connectivity index (χ2n) is 4.08. The second-order valence-corrected chi connectivity index (χ2v) is 7.40. The van der Waals surface area contributed by atoms with E-state index in [1.807, 2.05) is 0 Å². The van der Waals surface area contributed by atoms with Gasteiger partial charge in [-0.2, -0.15) is 0 Å². The number of ether oxygens (including phenoxy) is 1. The highest BCUT2D eigenvalue weighted by atomic mass is 35.7. The molecule has 0 spiro atoms. The number of carbonyl (C=O) groups is 1. The first-order chi connectivity index (χ1) is 9.32. The lowest BCUT2D eigenvalue weighted by Gasteiger charge is -2.27. The van der Waals surface area contributed by atoms with Crippen molar-refractivity contribution in [2.75, 3.05) is 26.3 Å². The van der Waals surface area contributed by atoms with Gasteiger partial charge in [-0.05, 0) is 12.1 Å². The van der Waals surface area contributed by atoms with Crippen molar-refractivity contribution in [2.45, 2.75) is 4.90 Å². The van der Waals surface area contributed by atoms with E-state index in [-0.39, 0.29) is 20.5 Å². The highest BCUT2D eigenvalue weighted by Crippen LogP contribution is 2.33. The Bertz CT molecular complexity index is 641. The lowest BCUT2D eigenvalue weighted by molar-refractivity contribution is 0.0303. The lowest BCUT2D eigenvalue weighted by atomic mass is 10.2. The number of hydrogen-bond acceptors (Lipinski definition) is 4. The molecule has 1 heterocycles. The van der Waals surface area contributed by atoms with Gasteiger partial charge in [0, 0.05) is 23.8 Å². The van der Waals surface area contributed by atoms with Crippen LogP contribution in [0.25, 0.3) is 0 Å². The normalized spacial score (nSPS) is 16.2. The zero-order valence-electron chi connectivity index (χ0n) is 10.1. The Hall–Kier alpha value is -0.530. The van der Waals surface area contributed by atoms with Gasteiger partial charge in [-0.1, -0.05) is 23.2 Å². The van der Waals surface area contributed by atoms with E-state index in [1.165, 1.54) is 17.0 Å². The van der Waals surface area contributed by atoms with Gasteiger partial charge in [0.1, 0.15) is 4.90 Å². The first kappa shape index (κ1) is 15.9. The van der Waals surface area contributed by atoms with Crippen LogP contribution in [0.1, 0.15) is 10.4 Å². The second kappa shape index (κ2) is 6.07. The summed E-state index contributed by atoms with van der Waals surface area (Å²) in [4.78, 5) is 13.6. The quantitative estimate of drug-likeness (QED) is 0.762. The molecule has 0 bridgehead atoms. The third-order valence-electron chi connectivity index (χ3n) is 2.83. The fraction of sp³-hybridized carbons (Fsp3) is 0.364. The number of benzene rings is 1. The van der Waals surface area contributed by atoms with E-state index < -0.39 is 15.0 Å². The summed E-state index contributed by atoms with van der Waals surface area (Å²) < 4.78 is 28.0. The third kappa shape index (κ3) is 3.20. The fourth-order valence-electron chi connectivity index (χ4n) is 1.84. The predicted molar refractivity (Wildman–Crippen MR) is 76.2 cm³/mol. The van der Waals surface area contributed by atoms with Gasteiger partial charge in [-0.25, -0.2) is 8.42 Å². The van der Waals surface area contributed by atoms with Crippen LogP contribution in [0.15, 0.2) is 17.0 Å². The first-order valence-corrected chi connectivity index (χ1v) is 8.68. The summed E-state index contributed by atoms with van der Waals surface area (Å²) in [6.07, 6.45) is 0. The molecule has 1 fully saturated rings. The molecule has 1 amide bonds. The molecule has 5 nitrogen and oxygen atoms in total. The summed E-state index contributed by atoms with van der Waals surface area (Å²) in [5.41, 5.74) is -0.0584. The van der Waals surface area contributed by atoms with Gasteiger partial charge >= 0.3 is 0 Å². The summed E-state index contributed by atoms with van der Waals surface area (Å²) in [6, 6.07) is 2.46. The Balaban J connectivity index is 2.47. The van der Waals surface area contributed by atoms with E-state index in [2.05, 4.69) is 0 Å². The van der Waals surface area contributed by atoms with Crippen LogP contribution < -0.4 is 0 Å². The van der Waals surface area contributed by atoms with Crippen molar-refractivity contribution >= 4 is 48.8 Å². The Morgan fingerprint density at radius 3 is 2.35 bits per heavy atom. The van der Waals surface area contributed by atoms with E-state index in [4.69, 9.17) is 38.6 Å². The zero-order valence-corrected chi connectivity index (χ0v) is 13.2. The molecule has 0 unspecified atom stereocenters. The molecule has 0 radical (unpaired) electrons. The maximum absolute atomic E-state index is 12.4. The molecule has 1 aliphatic rings. The van der Waals surface area contributed by atoms with Gasteiger partial charge < -0.3 is 9.64 Å². The topological polar surface area (TPSA) is 63.7 Å². The van der Waals surface area contributed by atoms with Crippen LogP contribution in [0.5, 0.6) is 0 Å². The number of rotatable bonds is 2. The molecule has 0 N–H and O–H groups in total. The molecule has 0 aromatic heterocycles. The van der Waals surface area contributed by atoms with Gasteiger partial charge in [-0.15, -0.1) is 0 Å². The zero-order chi connectivity index (χ0) is 14.9. The van der Waals surface area contributed by atoms with Crippen molar-refractivity contribution in [1.29, 1.82) is 0 Å². The minimum absolute atomic E-state index is 0.0584. The molecule has 20 heavy (non-hydrogen) atoms. The largest absolute Gasteiger partial charge is 0.378 e. The SMILES string of the molecule is O=C(c1c(Cl)ccc(S(=O)(=O)Cl)c1Cl)N1CCOCC1. The smallest absolute Gasteiger partial charge is 0.262 e. The highest BCUT2D eigenvalue weighted by Gasteiger charge is 2.27. The van der Waals surface area contributed by atoms with Gasteiger partial charge in [0.25, 0.3) is 15.0 Å². The minimum atomic E-state index is -4.05. The molecule has 1 saturated heterocycles. The number of carbonyl (C=O) groups excluding carboxylic acids is 1. The Morgan fingerprint density at radius 1 is 1.20 bits per heavy atom. The summed E-state index contributed by atoms with van der Waals surface area (Å²) in [7, 11) is 1.23. The average molecular weight is 359 g/mol. The van der Waals surface area contributed by atoms with Crippen molar-refractivity contribution in [1.82, 2.24) is 4.90 Å². The molecule has 9 heteroatoms. The van der Waals surface area contributed by atoms with Gasteiger partial charge in [0.15, 0.2) is 0 Å². The fourth-order valence-corrected chi connectivity index (χ4v) is 3.73. The molecule has 1 aliphatic heterocycles. The molecule has 0 atom stereocenters. The van der Waals surface area contributed by atoms with Crippen molar-refractivity contribution in [3.8, 4) is 0 Å². The van der Waals surface area contributed by atoms with E-state index in [0.717, 1.165) is 0 Å². The number of morpholine rings is 1. The van der Waals surface area contributed by atoms with Crippen molar-refractivity contribution < 1.29 is 17.9 Å². The molecule has 1 aromatic carbocycles. The van der Waals surface area contributed by atoms with Crippen molar-refractivity contribution in [3.63, 3.8) is 0 Å². The molecule has 1 aromatic rings. The minimum Gasteiger partial charge on any atom is -0.378 e.